The van der Waals surface area contributed by atoms with E-state index >= 15 is 0 Å². The predicted molar refractivity (Wildman–Crippen MR) is 66.9 cm³/mol. The van der Waals surface area contributed by atoms with Gasteiger partial charge in [0.05, 0.1) is 5.54 Å². The first kappa shape index (κ1) is 13.6. The Morgan fingerprint density at radius 2 is 2.19 bits per heavy atom. The van der Waals surface area contributed by atoms with Crippen LogP contribution in [0, 0.1) is 0 Å². The molecule has 0 aliphatic carbocycles. The third-order valence-electron chi connectivity index (χ3n) is 3.23. The van der Waals surface area contributed by atoms with Crippen molar-refractivity contribution in [2.24, 2.45) is 10.7 Å². The van der Waals surface area contributed by atoms with Crippen molar-refractivity contribution < 1.29 is 9.90 Å². The Morgan fingerprint density at radius 3 is 2.56 bits per heavy atom. The molecule has 0 radical (unpaired) electrons. The lowest BCUT2D eigenvalue weighted by Crippen LogP contribution is -2.54. The van der Waals surface area contributed by atoms with E-state index in [9.17, 15) is 4.79 Å². The van der Waals surface area contributed by atoms with Crippen LogP contribution in [0.5, 0.6) is 0 Å². The third kappa shape index (κ3) is 2.01. The maximum Gasteiger partial charge on any atom is 0.343 e. The third-order valence-corrected chi connectivity index (χ3v) is 4.17. The Morgan fingerprint density at radius 1 is 1.62 bits per heavy atom. The Balaban J connectivity index is 3.08. The number of aliphatic carboxylic acids is 1. The normalized spacial score (nSPS) is 24.5. The van der Waals surface area contributed by atoms with Crippen LogP contribution >= 0.6 is 15.9 Å². The highest BCUT2D eigenvalue weighted by molar-refractivity contribution is 9.18. The van der Waals surface area contributed by atoms with E-state index in [0.717, 1.165) is 17.5 Å². The van der Waals surface area contributed by atoms with Crippen molar-refractivity contribution >= 4 is 26.5 Å². The Kier molecular flexibility index (Phi) is 4.46. The summed E-state index contributed by atoms with van der Waals surface area (Å²) in [5.74, 6) is -0.922. The second-order valence-corrected chi connectivity index (χ2v) is 4.60. The minimum atomic E-state index is -0.922. The molecule has 3 N–H and O–H groups in total. The first-order valence-electron chi connectivity index (χ1n) is 5.46. The Bertz CT molecular complexity index is 302. The maximum absolute atomic E-state index is 11.1. The summed E-state index contributed by atoms with van der Waals surface area (Å²) in [4.78, 5) is 17.2. The summed E-state index contributed by atoms with van der Waals surface area (Å²) >= 11 is 3.41. The van der Waals surface area contributed by atoms with Crippen LogP contribution in [0.2, 0.25) is 0 Å². The molecule has 0 amide bonds. The molecule has 1 unspecified atom stereocenters. The smallest absolute Gasteiger partial charge is 0.343 e. The SMILES string of the molecule is CCC1(CC)C(Br)=NC(C(=O)O)N1CCN. The molecule has 6 heteroatoms. The van der Waals surface area contributed by atoms with Crippen LogP contribution in [0.1, 0.15) is 26.7 Å². The largest absolute Gasteiger partial charge is 0.479 e. The van der Waals surface area contributed by atoms with Gasteiger partial charge >= 0.3 is 5.97 Å². The number of rotatable bonds is 5. The molecule has 0 bridgehead atoms. The summed E-state index contributed by atoms with van der Waals surface area (Å²) in [6, 6.07) is 0. The van der Waals surface area contributed by atoms with Gasteiger partial charge in [0.25, 0.3) is 0 Å². The lowest BCUT2D eigenvalue weighted by Gasteiger charge is -2.38. The van der Waals surface area contributed by atoms with Crippen LogP contribution in [0.15, 0.2) is 4.99 Å². The Labute approximate surface area is 104 Å². The summed E-state index contributed by atoms with van der Waals surface area (Å²) in [7, 11) is 0. The second kappa shape index (κ2) is 5.25. The number of hydrogen-bond donors (Lipinski definition) is 2. The molecule has 0 fully saturated rings. The van der Waals surface area contributed by atoms with Gasteiger partial charge in [0.15, 0.2) is 0 Å². The van der Waals surface area contributed by atoms with Gasteiger partial charge in [0.2, 0.25) is 6.17 Å². The Hall–Kier alpha value is -0.460. The zero-order valence-corrected chi connectivity index (χ0v) is 11.2. The average molecular weight is 292 g/mol. The first-order chi connectivity index (χ1) is 7.53. The molecular formula is C10H18BrN3O2. The maximum atomic E-state index is 11.1. The van der Waals surface area contributed by atoms with Crippen molar-refractivity contribution in [3.8, 4) is 0 Å². The molecule has 0 aromatic carbocycles. The lowest BCUT2D eigenvalue weighted by molar-refractivity contribution is -0.143. The molecular weight excluding hydrogens is 274 g/mol. The molecule has 1 heterocycles. The fraction of sp³-hybridized carbons (Fsp3) is 0.800. The molecule has 16 heavy (non-hydrogen) atoms. The molecule has 1 aliphatic rings. The van der Waals surface area contributed by atoms with Crippen LogP contribution in [0.4, 0.5) is 0 Å². The summed E-state index contributed by atoms with van der Waals surface area (Å²) in [6.45, 7) is 5.04. The fourth-order valence-corrected chi connectivity index (χ4v) is 3.24. The monoisotopic (exact) mass is 291 g/mol. The van der Waals surface area contributed by atoms with Gasteiger partial charge in [-0.1, -0.05) is 13.8 Å². The summed E-state index contributed by atoms with van der Waals surface area (Å²) < 4.78 is 0.728. The molecule has 0 saturated carbocycles. The summed E-state index contributed by atoms with van der Waals surface area (Å²) in [5, 5.41) is 9.14. The fourth-order valence-electron chi connectivity index (χ4n) is 2.26. The number of carbonyl (C=O) groups is 1. The number of carboxylic acid groups (broad SMARTS) is 1. The minimum absolute atomic E-state index is 0.303. The highest BCUT2D eigenvalue weighted by atomic mass is 79.9. The van der Waals surface area contributed by atoms with E-state index < -0.39 is 12.1 Å². The topological polar surface area (TPSA) is 78.9 Å². The van der Waals surface area contributed by atoms with Crippen molar-refractivity contribution in [2.45, 2.75) is 38.4 Å². The molecule has 1 aliphatic heterocycles. The van der Waals surface area contributed by atoms with Gasteiger partial charge < -0.3 is 10.8 Å². The molecule has 0 aromatic rings. The van der Waals surface area contributed by atoms with Gasteiger partial charge in [-0.3, -0.25) is 4.90 Å². The number of halogens is 1. The minimum Gasteiger partial charge on any atom is -0.479 e. The summed E-state index contributed by atoms with van der Waals surface area (Å²) in [6.07, 6.45) is 0.826. The first-order valence-corrected chi connectivity index (χ1v) is 6.26. The van der Waals surface area contributed by atoms with Gasteiger partial charge in [-0.2, -0.15) is 0 Å². The highest BCUT2D eigenvalue weighted by Crippen LogP contribution is 2.36. The molecule has 1 atom stereocenters. The lowest BCUT2D eigenvalue weighted by atomic mass is 9.92. The van der Waals surface area contributed by atoms with E-state index in [4.69, 9.17) is 10.8 Å². The van der Waals surface area contributed by atoms with Crippen molar-refractivity contribution in [3.05, 3.63) is 0 Å². The predicted octanol–water partition coefficient (Wildman–Crippen LogP) is 1.02. The number of nitrogens with two attached hydrogens (primary N) is 1. The number of nitrogens with zero attached hydrogens (tertiary/aromatic N) is 2. The zero-order chi connectivity index (χ0) is 12.3. The quantitative estimate of drug-likeness (QED) is 0.793. The average Bonchev–Trinajstić information content (AvgIpc) is 2.53. The van der Waals surface area contributed by atoms with Crippen LogP contribution in [-0.2, 0) is 4.79 Å². The number of hydrogen-bond acceptors (Lipinski definition) is 4. The van der Waals surface area contributed by atoms with E-state index in [0.29, 0.717) is 13.1 Å². The molecule has 1 rings (SSSR count). The highest BCUT2D eigenvalue weighted by Gasteiger charge is 2.48. The summed E-state index contributed by atoms with van der Waals surface area (Å²) in [5.41, 5.74) is 5.24. The van der Waals surface area contributed by atoms with E-state index in [1.165, 1.54) is 0 Å². The van der Waals surface area contributed by atoms with Crippen LogP contribution in [-0.4, -0.2) is 45.4 Å². The molecule has 0 saturated heterocycles. The van der Waals surface area contributed by atoms with Gasteiger partial charge in [-0.15, -0.1) is 0 Å². The van der Waals surface area contributed by atoms with Crippen LogP contribution < -0.4 is 5.73 Å². The van der Waals surface area contributed by atoms with Crippen LogP contribution in [0.25, 0.3) is 0 Å². The van der Waals surface area contributed by atoms with E-state index in [2.05, 4.69) is 20.9 Å². The number of carboxylic acids is 1. The van der Waals surface area contributed by atoms with Crippen molar-refractivity contribution in [2.75, 3.05) is 13.1 Å². The van der Waals surface area contributed by atoms with E-state index in [1.807, 2.05) is 18.7 Å². The van der Waals surface area contributed by atoms with Crippen molar-refractivity contribution in [3.63, 3.8) is 0 Å². The molecule has 0 spiro atoms. The molecule has 0 aromatic heterocycles. The van der Waals surface area contributed by atoms with Crippen molar-refractivity contribution in [1.29, 1.82) is 0 Å². The number of aliphatic imine (C=N–C) groups is 1. The standard InChI is InChI=1S/C10H18BrN3O2/c1-3-10(4-2)9(11)13-7(8(15)16)14(10)6-5-12/h7H,3-6,12H2,1-2H3,(H,15,16). The molecule has 92 valence electrons. The van der Waals surface area contributed by atoms with Gasteiger partial charge in [0, 0.05) is 13.1 Å². The van der Waals surface area contributed by atoms with Gasteiger partial charge in [0.1, 0.15) is 4.62 Å². The molecule has 5 nitrogen and oxygen atoms in total. The zero-order valence-electron chi connectivity index (χ0n) is 9.61. The van der Waals surface area contributed by atoms with Gasteiger partial charge in [-0.25, -0.2) is 9.79 Å². The van der Waals surface area contributed by atoms with Gasteiger partial charge in [-0.05, 0) is 28.8 Å². The van der Waals surface area contributed by atoms with Crippen molar-refractivity contribution in [1.82, 2.24) is 4.90 Å². The van der Waals surface area contributed by atoms with Crippen LogP contribution in [0.3, 0.4) is 0 Å². The van der Waals surface area contributed by atoms with E-state index in [-0.39, 0.29) is 5.54 Å². The second-order valence-electron chi connectivity index (χ2n) is 3.85. The van der Waals surface area contributed by atoms with E-state index in [1.54, 1.807) is 0 Å².